The van der Waals surface area contributed by atoms with Crippen LogP contribution in [0.1, 0.15) is 65.2 Å². The Labute approximate surface area is 150 Å². The Bertz CT molecular complexity index is 606. The second-order valence-corrected chi connectivity index (χ2v) is 9.83. The number of hydrogen-bond donors (Lipinski definition) is 1. The normalized spacial score (nSPS) is 51.4. The molecule has 1 heterocycles. The third-order valence-electron chi connectivity index (χ3n) is 8.58. The average Bonchev–Trinajstić information content (AvgIpc) is 3.15. The Morgan fingerprint density at radius 3 is 2.52 bits per heavy atom. The minimum Gasteiger partial charge on any atom is -0.390 e. The van der Waals surface area contributed by atoms with E-state index in [0.29, 0.717) is 49.7 Å². The molecule has 0 amide bonds. The first-order valence-electron chi connectivity index (χ1n) is 10.2. The zero-order chi connectivity index (χ0) is 17.4. The van der Waals surface area contributed by atoms with Gasteiger partial charge in [-0.25, -0.2) is 4.39 Å². The molecule has 6 atom stereocenters. The number of hydrogen-bond acceptors (Lipinski definition) is 3. The van der Waals surface area contributed by atoms with Gasteiger partial charge in [-0.1, -0.05) is 6.92 Å². The number of ether oxygens (including phenoxy) is 2. The van der Waals surface area contributed by atoms with Gasteiger partial charge in [-0.3, -0.25) is 0 Å². The number of allylic oxidation sites excluding steroid dienone is 1. The van der Waals surface area contributed by atoms with Crippen molar-refractivity contribution in [1.82, 2.24) is 0 Å². The van der Waals surface area contributed by atoms with Crippen molar-refractivity contribution < 1.29 is 19.0 Å². The molecule has 140 valence electrons. The van der Waals surface area contributed by atoms with E-state index in [0.717, 1.165) is 44.1 Å². The lowest BCUT2D eigenvalue weighted by Crippen LogP contribution is -2.53. The Balaban J connectivity index is 1.48. The summed E-state index contributed by atoms with van der Waals surface area (Å²) in [4.78, 5) is 0. The lowest BCUT2D eigenvalue weighted by Gasteiger charge is -2.55. The van der Waals surface area contributed by atoms with Crippen molar-refractivity contribution in [2.45, 2.75) is 76.6 Å². The lowest BCUT2D eigenvalue weighted by molar-refractivity contribution is -0.240. The van der Waals surface area contributed by atoms with Gasteiger partial charge in [-0.2, -0.15) is 0 Å². The summed E-state index contributed by atoms with van der Waals surface area (Å²) in [5.74, 6) is 1.54. The molecule has 5 aliphatic rings. The molecule has 0 radical (unpaired) electrons. The molecule has 0 aromatic heterocycles. The van der Waals surface area contributed by atoms with Crippen molar-refractivity contribution >= 4 is 0 Å². The predicted molar refractivity (Wildman–Crippen MR) is 92.4 cm³/mol. The molecule has 1 saturated heterocycles. The van der Waals surface area contributed by atoms with E-state index < -0.39 is 11.4 Å². The van der Waals surface area contributed by atoms with Crippen LogP contribution in [0.5, 0.6) is 0 Å². The fraction of sp³-hybridized carbons (Fsp3) is 0.905. The summed E-state index contributed by atoms with van der Waals surface area (Å²) in [6.45, 7) is 5.61. The number of rotatable bonds is 0. The highest BCUT2D eigenvalue weighted by molar-refractivity contribution is 5.25. The van der Waals surface area contributed by atoms with Crippen LogP contribution in [0.15, 0.2) is 11.4 Å². The van der Waals surface area contributed by atoms with Crippen molar-refractivity contribution in [3.8, 4) is 0 Å². The molecule has 6 unspecified atom stereocenters. The molecule has 4 fully saturated rings. The van der Waals surface area contributed by atoms with E-state index in [9.17, 15) is 5.11 Å². The van der Waals surface area contributed by atoms with Gasteiger partial charge in [0.25, 0.3) is 0 Å². The Morgan fingerprint density at radius 1 is 1.00 bits per heavy atom. The largest absolute Gasteiger partial charge is 0.390 e. The van der Waals surface area contributed by atoms with Crippen molar-refractivity contribution in [1.29, 1.82) is 0 Å². The highest BCUT2D eigenvalue weighted by atomic mass is 19.1. The predicted octanol–water partition coefficient (Wildman–Crippen LogP) is 4.35. The summed E-state index contributed by atoms with van der Waals surface area (Å²) >= 11 is 0. The summed E-state index contributed by atoms with van der Waals surface area (Å²) < 4.78 is 27.4. The number of halogens is 1. The van der Waals surface area contributed by atoms with Crippen LogP contribution in [0.3, 0.4) is 0 Å². The number of fused-ring (bicyclic) bond motifs is 6. The standard InChI is InChI=1S/C21H31FO3/c1-19(23)6-3-14-13-4-7-20(2)17(5-8-21(20)24-9-10-25-21)15(13)11-18(22)16(14)12-19/h13-15,17,23H,3-12H2,1-2H3. The first-order chi connectivity index (χ1) is 11.9. The highest BCUT2D eigenvalue weighted by Crippen LogP contribution is 2.67. The molecule has 1 spiro atoms. The molecular formula is C21H31FO3. The molecule has 4 aliphatic carbocycles. The van der Waals surface area contributed by atoms with Gasteiger partial charge >= 0.3 is 0 Å². The van der Waals surface area contributed by atoms with E-state index in [-0.39, 0.29) is 11.2 Å². The minimum atomic E-state index is -0.720. The van der Waals surface area contributed by atoms with Crippen molar-refractivity contribution in [2.24, 2.45) is 29.1 Å². The van der Waals surface area contributed by atoms with Gasteiger partial charge in [0.1, 0.15) is 0 Å². The van der Waals surface area contributed by atoms with Crippen molar-refractivity contribution in [2.75, 3.05) is 13.2 Å². The maximum Gasteiger partial charge on any atom is 0.174 e. The van der Waals surface area contributed by atoms with Crippen LogP contribution in [0.4, 0.5) is 4.39 Å². The Hall–Kier alpha value is -0.450. The van der Waals surface area contributed by atoms with E-state index in [1.54, 1.807) is 0 Å². The summed E-state index contributed by atoms with van der Waals surface area (Å²) in [6.07, 6.45) is 7.19. The second kappa shape index (κ2) is 5.30. The van der Waals surface area contributed by atoms with Gasteiger partial charge in [0, 0.05) is 18.3 Å². The third-order valence-corrected chi connectivity index (χ3v) is 8.58. The van der Waals surface area contributed by atoms with Crippen LogP contribution in [-0.2, 0) is 9.47 Å². The molecular weight excluding hydrogens is 319 g/mol. The van der Waals surface area contributed by atoms with E-state index in [2.05, 4.69) is 6.92 Å². The average molecular weight is 350 g/mol. The van der Waals surface area contributed by atoms with Gasteiger partial charge in [-0.15, -0.1) is 0 Å². The number of aliphatic hydroxyl groups is 1. The van der Waals surface area contributed by atoms with Gasteiger partial charge in [0.15, 0.2) is 5.79 Å². The first-order valence-corrected chi connectivity index (χ1v) is 10.2. The van der Waals surface area contributed by atoms with Crippen LogP contribution < -0.4 is 0 Å². The summed E-state index contributed by atoms with van der Waals surface area (Å²) in [6, 6.07) is 0. The van der Waals surface area contributed by atoms with Crippen LogP contribution in [0.25, 0.3) is 0 Å². The first kappa shape index (κ1) is 16.7. The summed E-state index contributed by atoms with van der Waals surface area (Å²) in [5.41, 5.74) is 0.257. The fourth-order valence-corrected chi connectivity index (χ4v) is 7.37. The molecule has 3 nitrogen and oxygen atoms in total. The molecule has 25 heavy (non-hydrogen) atoms. The van der Waals surface area contributed by atoms with Gasteiger partial charge in [0.05, 0.1) is 24.6 Å². The molecule has 1 N–H and O–H groups in total. The van der Waals surface area contributed by atoms with Crippen LogP contribution in [-0.4, -0.2) is 29.7 Å². The summed E-state index contributed by atoms with van der Waals surface area (Å²) in [5, 5.41) is 10.4. The summed E-state index contributed by atoms with van der Waals surface area (Å²) in [7, 11) is 0. The van der Waals surface area contributed by atoms with Crippen LogP contribution >= 0.6 is 0 Å². The zero-order valence-corrected chi connectivity index (χ0v) is 15.5. The molecule has 5 rings (SSSR count). The van der Waals surface area contributed by atoms with Crippen molar-refractivity contribution in [3.63, 3.8) is 0 Å². The van der Waals surface area contributed by atoms with E-state index >= 15 is 4.39 Å². The van der Waals surface area contributed by atoms with Crippen LogP contribution in [0, 0.1) is 29.1 Å². The van der Waals surface area contributed by atoms with Crippen molar-refractivity contribution in [3.05, 3.63) is 11.4 Å². The van der Waals surface area contributed by atoms with Gasteiger partial charge < -0.3 is 14.6 Å². The molecule has 3 saturated carbocycles. The maximum atomic E-state index is 15.1. The quantitative estimate of drug-likeness (QED) is 0.706. The second-order valence-electron chi connectivity index (χ2n) is 9.83. The SMILES string of the molecule is CC1(O)CCC2C(=C(F)CC3C2CCC2(C)C3CCC23OCCO3)C1. The monoisotopic (exact) mass is 350 g/mol. The zero-order valence-electron chi connectivity index (χ0n) is 15.5. The minimum absolute atomic E-state index is 0.0304. The molecule has 0 aromatic rings. The Morgan fingerprint density at radius 2 is 1.76 bits per heavy atom. The molecule has 0 aromatic carbocycles. The Kier molecular flexibility index (Phi) is 3.54. The van der Waals surface area contributed by atoms with E-state index in [1.807, 2.05) is 6.92 Å². The van der Waals surface area contributed by atoms with Crippen LogP contribution in [0.2, 0.25) is 0 Å². The molecule has 1 aliphatic heterocycles. The highest BCUT2D eigenvalue weighted by Gasteiger charge is 2.66. The lowest BCUT2D eigenvalue weighted by atomic mass is 9.51. The fourth-order valence-electron chi connectivity index (χ4n) is 7.37. The smallest absolute Gasteiger partial charge is 0.174 e. The van der Waals surface area contributed by atoms with Gasteiger partial charge in [0.2, 0.25) is 0 Å². The van der Waals surface area contributed by atoms with E-state index in [4.69, 9.17) is 9.47 Å². The maximum absolute atomic E-state index is 15.1. The molecule has 0 bridgehead atoms. The van der Waals surface area contributed by atoms with E-state index in [1.165, 1.54) is 0 Å². The van der Waals surface area contributed by atoms with Gasteiger partial charge in [-0.05, 0) is 74.7 Å². The topological polar surface area (TPSA) is 38.7 Å². The third kappa shape index (κ3) is 2.20. The molecule has 4 heteroatoms.